The summed E-state index contributed by atoms with van der Waals surface area (Å²) in [4.78, 5) is 0. The zero-order valence-electron chi connectivity index (χ0n) is 9.69. The van der Waals surface area contributed by atoms with Gasteiger partial charge in [-0.05, 0) is 31.9 Å². The molecule has 1 saturated carbocycles. The number of aliphatic hydroxyl groups is 1. The molecular weight excluding hydrogens is 202 g/mol. The Hall–Kier alpha value is -1.16. The van der Waals surface area contributed by atoms with Crippen molar-refractivity contribution in [1.82, 2.24) is 10.2 Å². The van der Waals surface area contributed by atoms with Gasteiger partial charge in [0.25, 0.3) is 0 Å². The molecule has 0 radical (unpaired) electrons. The SMILES string of the molecule is Cc1ccc(NCC2CCCCC2O)nn1. The number of anilines is 1. The van der Waals surface area contributed by atoms with E-state index in [1.54, 1.807) is 0 Å². The molecule has 1 aliphatic carbocycles. The summed E-state index contributed by atoms with van der Waals surface area (Å²) in [5.74, 6) is 1.15. The maximum atomic E-state index is 9.82. The molecule has 2 N–H and O–H groups in total. The van der Waals surface area contributed by atoms with Crippen molar-refractivity contribution in [2.75, 3.05) is 11.9 Å². The number of aromatic nitrogens is 2. The van der Waals surface area contributed by atoms with E-state index < -0.39 is 0 Å². The van der Waals surface area contributed by atoms with Crippen LogP contribution < -0.4 is 5.32 Å². The van der Waals surface area contributed by atoms with Crippen LogP contribution >= 0.6 is 0 Å². The van der Waals surface area contributed by atoms with Crippen LogP contribution in [-0.4, -0.2) is 28.0 Å². The Morgan fingerprint density at radius 3 is 2.81 bits per heavy atom. The number of rotatable bonds is 3. The van der Waals surface area contributed by atoms with Gasteiger partial charge in [-0.15, -0.1) is 5.10 Å². The van der Waals surface area contributed by atoms with Gasteiger partial charge in [-0.2, -0.15) is 5.10 Å². The monoisotopic (exact) mass is 221 g/mol. The molecule has 88 valence electrons. The minimum absolute atomic E-state index is 0.153. The van der Waals surface area contributed by atoms with E-state index in [1.165, 1.54) is 6.42 Å². The van der Waals surface area contributed by atoms with Crippen molar-refractivity contribution in [2.24, 2.45) is 5.92 Å². The smallest absolute Gasteiger partial charge is 0.148 e. The second kappa shape index (κ2) is 5.25. The fraction of sp³-hybridized carbons (Fsp3) is 0.667. The van der Waals surface area contributed by atoms with Gasteiger partial charge in [0, 0.05) is 12.5 Å². The molecule has 0 amide bonds. The zero-order chi connectivity index (χ0) is 11.4. The van der Waals surface area contributed by atoms with Crippen molar-refractivity contribution in [3.63, 3.8) is 0 Å². The van der Waals surface area contributed by atoms with Gasteiger partial charge in [0.15, 0.2) is 0 Å². The van der Waals surface area contributed by atoms with E-state index in [1.807, 2.05) is 19.1 Å². The maximum absolute atomic E-state index is 9.82. The van der Waals surface area contributed by atoms with E-state index in [9.17, 15) is 5.11 Å². The fourth-order valence-corrected chi connectivity index (χ4v) is 2.16. The van der Waals surface area contributed by atoms with Crippen LogP contribution in [-0.2, 0) is 0 Å². The highest BCUT2D eigenvalue weighted by atomic mass is 16.3. The maximum Gasteiger partial charge on any atom is 0.148 e. The second-order valence-electron chi connectivity index (χ2n) is 4.55. The fourth-order valence-electron chi connectivity index (χ4n) is 2.16. The first kappa shape index (κ1) is 11.3. The molecular formula is C12H19N3O. The third-order valence-corrected chi connectivity index (χ3v) is 3.21. The molecule has 4 nitrogen and oxygen atoms in total. The van der Waals surface area contributed by atoms with Gasteiger partial charge in [0.1, 0.15) is 5.82 Å². The van der Waals surface area contributed by atoms with Gasteiger partial charge < -0.3 is 10.4 Å². The first-order valence-corrected chi connectivity index (χ1v) is 5.98. The lowest BCUT2D eigenvalue weighted by molar-refractivity contribution is 0.0763. The van der Waals surface area contributed by atoms with Crippen LogP contribution in [0.5, 0.6) is 0 Å². The average Bonchev–Trinajstić information content (AvgIpc) is 2.30. The number of hydrogen-bond acceptors (Lipinski definition) is 4. The summed E-state index contributed by atoms with van der Waals surface area (Å²) in [5.41, 5.74) is 0.920. The molecule has 0 bridgehead atoms. The van der Waals surface area contributed by atoms with Gasteiger partial charge in [0.05, 0.1) is 11.8 Å². The predicted molar refractivity (Wildman–Crippen MR) is 63.2 cm³/mol. The summed E-state index contributed by atoms with van der Waals surface area (Å²) in [6, 6.07) is 3.87. The second-order valence-corrected chi connectivity index (χ2v) is 4.55. The molecule has 4 heteroatoms. The lowest BCUT2D eigenvalue weighted by Crippen LogP contribution is -2.30. The Morgan fingerprint density at radius 2 is 2.12 bits per heavy atom. The Labute approximate surface area is 96.1 Å². The molecule has 1 aromatic rings. The van der Waals surface area contributed by atoms with Gasteiger partial charge >= 0.3 is 0 Å². The van der Waals surface area contributed by atoms with Crippen LogP contribution in [0.3, 0.4) is 0 Å². The summed E-state index contributed by atoms with van der Waals surface area (Å²) in [6.45, 7) is 2.71. The molecule has 0 aromatic carbocycles. The summed E-state index contributed by atoms with van der Waals surface area (Å²) in [7, 11) is 0. The van der Waals surface area contributed by atoms with E-state index in [2.05, 4.69) is 15.5 Å². The number of nitrogens with zero attached hydrogens (tertiary/aromatic N) is 2. The van der Waals surface area contributed by atoms with Crippen molar-refractivity contribution in [3.05, 3.63) is 17.8 Å². The Kier molecular flexibility index (Phi) is 3.72. The van der Waals surface area contributed by atoms with Gasteiger partial charge in [0.2, 0.25) is 0 Å². The molecule has 1 heterocycles. The van der Waals surface area contributed by atoms with Crippen LogP contribution in [0, 0.1) is 12.8 Å². The molecule has 2 unspecified atom stereocenters. The van der Waals surface area contributed by atoms with E-state index in [0.717, 1.165) is 37.3 Å². The molecule has 0 saturated heterocycles. The zero-order valence-corrected chi connectivity index (χ0v) is 9.69. The molecule has 1 aliphatic rings. The lowest BCUT2D eigenvalue weighted by Gasteiger charge is -2.27. The quantitative estimate of drug-likeness (QED) is 0.816. The third-order valence-electron chi connectivity index (χ3n) is 3.21. The highest BCUT2D eigenvalue weighted by Crippen LogP contribution is 2.24. The number of hydrogen-bond donors (Lipinski definition) is 2. The van der Waals surface area contributed by atoms with Crippen molar-refractivity contribution in [3.8, 4) is 0 Å². The summed E-state index contributed by atoms with van der Waals surface area (Å²) in [5, 5.41) is 21.1. The summed E-state index contributed by atoms with van der Waals surface area (Å²) in [6.07, 6.45) is 4.27. The van der Waals surface area contributed by atoms with E-state index in [4.69, 9.17) is 0 Å². The number of aryl methyl sites for hydroxylation is 1. The van der Waals surface area contributed by atoms with Crippen LogP contribution in [0.2, 0.25) is 0 Å². The minimum Gasteiger partial charge on any atom is -0.393 e. The molecule has 0 aliphatic heterocycles. The third kappa shape index (κ3) is 2.92. The molecule has 2 atom stereocenters. The van der Waals surface area contributed by atoms with E-state index in [-0.39, 0.29) is 6.10 Å². The minimum atomic E-state index is -0.153. The summed E-state index contributed by atoms with van der Waals surface area (Å²) < 4.78 is 0. The van der Waals surface area contributed by atoms with Crippen molar-refractivity contribution >= 4 is 5.82 Å². The standard InChI is InChI=1S/C12H19N3O/c1-9-6-7-12(15-14-9)13-8-10-4-2-3-5-11(10)16/h6-7,10-11,16H,2-5,8H2,1H3,(H,13,15). The van der Waals surface area contributed by atoms with Crippen molar-refractivity contribution < 1.29 is 5.11 Å². The first-order chi connectivity index (χ1) is 7.75. The lowest BCUT2D eigenvalue weighted by atomic mass is 9.86. The predicted octanol–water partition coefficient (Wildman–Crippen LogP) is 1.75. The Balaban J connectivity index is 1.84. The van der Waals surface area contributed by atoms with E-state index in [0.29, 0.717) is 5.92 Å². The van der Waals surface area contributed by atoms with Crippen LogP contribution in [0.15, 0.2) is 12.1 Å². The normalized spacial score (nSPS) is 25.4. The Bertz CT molecular complexity index is 326. The topological polar surface area (TPSA) is 58.0 Å². The van der Waals surface area contributed by atoms with E-state index >= 15 is 0 Å². The Morgan fingerprint density at radius 1 is 1.31 bits per heavy atom. The van der Waals surface area contributed by atoms with Crippen molar-refractivity contribution in [2.45, 2.75) is 38.7 Å². The van der Waals surface area contributed by atoms with Gasteiger partial charge in [-0.1, -0.05) is 12.8 Å². The summed E-state index contributed by atoms with van der Waals surface area (Å²) >= 11 is 0. The first-order valence-electron chi connectivity index (χ1n) is 5.98. The number of aliphatic hydroxyl groups excluding tert-OH is 1. The number of nitrogens with one attached hydrogen (secondary N) is 1. The molecule has 0 spiro atoms. The molecule has 1 aromatic heterocycles. The molecule has 16 heavy (non-hydrogen) atoms. The van der Waals surface area contributed by atoms with Gasteiger partial charge in [-0.25, -0.2) is 0 Å². The van der Waals surface area contributed by atoms with Crippen LogP contribution in [0.25, 0.3) is 0 Å². The van der Waals surface area contributed by atoms with Crippen LogP contribution in [0.4, 0.5) is 5.82 Å². The van der Waals surface area contributed by atoms with Gasteiger partial charge in [-0.3, -0.25) is 0 Å². The highest BCUT2D eigenvalue weighted by Gasteiger charge is 2.22. The average molecular weight is 221 g/mol. The van der Waals surface area contributed by atoms with Crippen molar-refractivity contribution in [1.29, 1.82) is 0 Å². The largest absolute Gasteiger partial charge is 0.393 e. The van der Waals surface area contributed by atoms with Crippen LogP contribution in [0.1, 0.15) is 31.4 Å². The highest BCUT2D eigenvalue weighted by molar-refractivity contribution is 5.32. The molecule has 1 fully saturated rings. The molecule has 2 rings (SSSR count).